The quantitative estimate of drug-likeness (QED) is 0.419. The van der Waals surface area contributed by atoms with Crippen molar-refractivity contribution in [2.45, 2.75) is 0 Å². The SMILES string of the molecule is COc1ccc(C(=O)NCCO)cc1N1CCN(c2ncnc3c2cnn3-c2ccccc2)CC1. The predicted octanol–water partition coefficient (Wildman–Crippen LogP) is 1.87. The van der Waals surface area contributed by atoms with E-state index in [2.05, 4.69) is 30.2 Å². The molecule has 0 spiro atoms. The van der Waals surface area contributed by atoms with E-state index in [4.69, 9.17) is 9.84 Å². The van der Waals surface area contributed by atoms with E-state index in [-0.39, 0.29) is 19.1 Å². The van der Waals surface area contributed by atoms with Gasteiger partial charge in [-0.3, -0.25) is 4.79 Å². The molecule has 1 amide bonds. The molecule has 180 valence electrons. The van der Waals surface area contributed by atoms with Crippen molar-refractivity contribution in [2.75, 3.05) is 56.2 Å². The Kier molecular flexibility index (Phi) is 6.44. The first-order valence-corrected chi connectivity index (χ1v) is 11.5. The number of amides is 1. The molecule has 3 heterocycles. The van der Waals surface area contributed by atoms with Crippen molar-refractivity contribution in [3.63, 3.8) is 0 Å². The summed E-state index contributed by atoms with van der Waals surface area (Å²) in [6.07, 6.45) is 3.41. The second kappa shape index (κ2) is 9.98. The van der Waals surface area contributed by atoms with Crippen molar-refractivity contribution in [2.24, 2.45) is 0 Å². The fourth-order valence-corrected chi connectivity index (χ4v) is 4.35. The molecule has 1 aliphatic heterocycles. The zero-order chi connectivity index (χ0) is 24.2. The highest BCUT2D eigenvalue weighted by Crippen LogP contribution is 2.32. The van der Waals surface area contributed by atoms with Gasteiger partial charge in [0.15, 0.2) is 5.65 Å². The summed E-state index contributed by atoms with van der Waals surface area (Å²) in [5.41, 5.74) is 3.12. The van der Waals surface area contributed by atoms with E-state index in [1.54, 1.807) is 19.5 Å². The van der Waals surface area contributed by atoms with Gasteiger partial charge in [-0.2, -0.15) is 5.10 Å². The third kappa shape index (κ3) is 4.47. The topological polar surface area (TPSA) is 109 Å². The van der Waals surface area contributed by atoms with Gasteiger partial charge in [-0.05, 0) is 30.3 Å². The maximum atomic E-state index is 12.4. The van der Waals surface area contributed by atoms with Crippen LogP contribution in [0.3, 0.4) is 0 Å². The summed E-state index contributed by atoms with van der Waals surface area (Å²) in [4.78, 5) is 25.9. The highest BCUT2D eigenvalue weighted by Gasteiger charge is 2.24. The Morgan fingerprint density at radius 2 is 1.83 bits per heavy atom. The number of fused-ring (bicyclic) bond motifs is 1. The lowest BCUT2D eigenvalue weighted by Gasteiger charge is -2.37. The highest BCUT2D eigenvalue weighted by molar-refractivity contribution is 5.95. The van der Waals surface area contributed by atoms with Crippen LogP contribution in [0, 0.1) is 0 Å². The van der Waals surface area contributed by atoms with E-state index in [0.29, 0.717) is 11.3 Å². The molecular weight excluding hydrogens is 446 g/mol. The summed E-state index contributed by atoms with van der Waals surface area (Å²) in [6.45, 7) is 3.07. The van der Waals surface area contributed by atoms with Crippen LogP contribution in [0.15, 0.2) is 61.1 Å². The molecule has 1 fully saturated rings. The van der Waals surface area contributed by atoms with Crippen molar-refractivity contribution in [1.29, 1.82) is 0 Å². The normalized spacial score (nSPS) is 13.8. The summed E-state index contributed by atoms with van der Waals surface area (Å²) >= 11 is 0. The van der Waals surface area contributed by atoms with E-state index >= 15 is 0 Å². The molecule has 2 aromatic heterocycles. The molecule has 2 aromatic carbocycles. The minimum atomic E-state index is -0.222. The van der Waals surface area contributed by atoms with Crippen molar-refractivity contribution < 1.29 is 14.6 Å². The molecule has 10 nitrogen and oxygen atoms in total. The van der Waals surface area contributed by atoms with Crippen LogP contribution in [-0.2, 0) is 0 Å². The Bertz CT molecular complexity index is 1320. The zero-order valence-corrected chi connectivity index (χ0v) is 19.5. The van der Waals surface area contributed by atoms with Gasteiger partial charge >= 0.3 is 0 Å². The number of benzene rings is 2. The lowest BCUT2D eigenvalue weighted by Crippen LogP contribution is -2.47. The molecular formula is C25H27N7O3. The second-order valence-electron chi connectivity index (χ2n) is 8.17. The van der Waals surface area contributed by atoms with Crippen LogP contribution in [0.1, 0.15) is 10.4 Å². The summed E-state index contributed by atoms with van der Waals surface area (Å²) in [6, 6.07) is 15.3. The number of aliphatic hydroxyl groups excluding tert-OH is 1. The van der Waals surface area contributed by atoms with Crippen LogP contribution < -0.4 is 19.9 Å². The first-order valence-electron chi connectivity index (χ1n) is 11.5. The molecule has 0 saturated carbocycles. The summed E-state index contributed by atoms with van der Waals surface area (Å²) in [7, 11) is 1.63. The Balaban J connectivity index is 1.36. The predicted molar refractivity (Wildman–Crippen MR) is 133 cm³/mol. The molecule has 4 aromatic rings. The Hall–Kier alpha value is -4.18. The number of para-hydroxylation sites is 1. The molecule has 0 bridgehead atoms. The summed E-state index contributed by atoms with van der Waals surface area (Å²) in [5.74, 6) is 1.35. The fraction of sp³-hybridized carbons (Fsp3) is 0.280. The smallest absolute Gasteiger partial charge is 0.251 e. The van der Waals surface area contributed by atoms with Crippen molar-refractivity contribution >= 4 is 28.4 Å². The van der Waals surface area contributed by atoms with Gasteiger partial charge in [0.05, 0.1) is 36.7 Å². The molecule has 1 aliphatic rings. The van der Waals surface area contributed by atoms with Gasteiger partial charge in [-0.15, -0.1) is 0 Å². The molecule has 0 radical (unpaired) electrons. The van der Waals surface area contributed by atoms with E-state index in [1.807, 2.05) is 53.3 Å². The van der Waals surface area contributed by atoms with Gasteiger partial charge in [0, 0.05) is 38.3 Å². The van der Waals surface area contributed by atoms with Crippen molar-refractivity contribution in [3.05, 3.63) is 66.6 Å². The monoisotopic (exact) mass is 473 g/mol. The molecule has 0 atom stereocenters. The number of aromatic nitrogens is 4. The van der Waals surface area contributed by atoms with Crippen molar-refractivity contribution in [1.82, 2.24) is 25.1 Å². The first-order chi connectivity index (χ1) is 17.2. The van der Waals surface area contributed by atoms with Crippen molar-refractivity contribution in [3.8, 4) is 11.4 Å². The summed E-state index contributed by atoms with van der Waals surface area (Å²) in [5, 5.41) is 17.2. The van der Waals surface area contributed by atoms with E-state index in [0.717, 1.165) is 54.4 Å². The zero-order valence-electron chi connectivity index (χ0n) is 19.5. The van der Waals surface area contributed by atoms with E-state index < -0.39 is 0 Å². The minimum Gasteiger partial charge on any atom is -0.495 e. The fourth-order valence-electron chi connectivity index (χ4n) is 4.35. The molecule has 1 saturated heterocycles. The van der Waals surface area contributed by atoms with Crippen LogP contribution in [0.25, 0.3) is 16.7 Å². The number of aliphatic hydroxyl groups is 1. The lowest BCUT2D eigenvalue weighted by atomic mass is 10.1. The maximum Gasteiger partial charge on any atom is 0.251 e. The lowest BCUT2D eigenvalue weighted by molar-refractivity contribution is 0.0944. The van der Waals surface area contributed by atoms with Gasteiger partial charge in [-0.25, -0.2) is 14.6 Å². The average molecular weight is 474 g/mol. The number of nitrogens with zero attached hydrogens (tertiary/aromatic N) is 6. The number of hydrogen-bond donors (Lipinski definition) is 2. The molecule has 5 rings (SSSR count). The average Bonchev–Trinajstić information content (AvgIpc) is 3.36. The summed E-state index contributed by atoms with van der Waals surface area (Å²) < 4.78 is 7.40. The first kappa shape index (κ1) is 22.6. The second-order valence-corrected chi connectivity index (χ2v) is 8.17. The van der Waals surface area contributed by atoms with Gasteiger partial charge in [0.25, 0.3) is 5.91 Å². The van der Waals surface area contributed by atoms with Crippen LogP contribution in [0.2, 0.25) is 0 Å². The molecule has 0 unspecified atom stereocenters. The van der Waals surface area contributed by atoms with Crippen LogP contribution in [-0.4, -0.2) is 77.2 Å². The van der Waals surface area contributed by atoms with Crippen LogP contribution in [0.5, 0.6) is 5.75 Å². The third-order valence-corrected chi connectivity index (χ3v) is 6.10. The molecule has 10 heteroatoms. The Labute approximate surface area is 202 Å². The number of hydrogen-bond acceptors (Lipinski definition) is 8. The van der Waals surface area contributed by atoms with E-state index in [9.17, 15) is 4.79 Å². The molecule has 0 aliphatic carbocycles. The Morgan fingerprint density at radius 3 is 2.57 bits per heavy atom. The number of anilines is 2. The third-order valence-electron chi connectivity index (χ3n) is 6.10. The number of carbonyl (C=O) groups is 1. The number of piperazine rings is 1. The highest BCUT2D eigenvalue weighted by atomic mass is 16.5. The largest absolute Gasteiger partial charge is 0.495 e. The standard InChI is InChI=1S/C25H27N7O3/c1-35-22-8-7-18(25(34)26-9-14-33)15-21(22)30-10-12-31(13-11-30)23-20-16-29-32(24(20)28-17-27-23)19-5-3-2-4-6-19/h2-8,15-17,33H,9-14H2,1H3,(H,26,34). The van der Waals surface area contributed by atoms with Crippen LogP contribution >= 0.6 is 0 Å². The minimum absolute atomic E-state index is 0.0999. The number of methoxy groups -OCH3 is 1. The number of carbonyl (C=O) groups excluding carboxylic acids is 1. The Morgan fingerprint density at radius 1 is 1.06 bits per heavy atom. The molecule has 2 N–H and O–H groups in total. The maximum absolute atomic E-state index is 12.4. The van der Waals surface area contributed by atoms with Gasteiger partial charge in [0.1, 0.15) is 17.9 Å². The van der Waals surface area contributed by atoms with Gasteiger partial charge < -0.3 is 25.0 Å². The van der Waals surface area contributed by atoms with Gasteiger partial charge in [-0.1, -0.05) is 18.2 Å². The van der Waals surface area contributed by atoms with Gasteiger partial charge in [0.2, 0.25) is 0 Å². The number of nitrogens with one attached hydrogen (secondary N) is 1. The molecule has 35 heavy (non-hydrogen) atoms. The van der Waals surface area contributed by atoms with Crippen LogP contribution in [0.4, 0.5) is 11.5 Å². The number of rotatable bonds is 7. The van der Waals surface area contributed by atoms with E-state index in [1.165, 1.54) is 0 Å². The number of ether oxygens (including phenoxy) is 1.